The summed E-state index contributed by atoms with van der Waals surface area (Å²) in [5.41, 5.74) is 1.26. The van der Waals surface area contributed by atoms with Gasteiger partial charge in [0.2, 0.25) is 0 Å². The molecule has 5 heteroatoms. The highest BCUT2D eigenvalue weighted by Gasteiger charge is 2.11. The van der Waals surface area contributed by atoms with Crippen molar-refractivity contribution in [3.8, 4) is 0 Å². The quantitative estimate of drug-likeness (QED) is 0.592. The van der Waals surface area contributed by atoms with Crippen LogP contribution in [0.15, 0.2) is 6.07 Å². The van der Waals surface area contributed by atoms with Crippen LogP contribution in [0.4, 0.5) is 0 Å². The highest BCUT2D eigenvalue weighted by molar-refractivity contribution is 7.14. The lowest BCUT2D eigenvalue weighted by Gasteiger charge is -2.03. The summed E-state index contributed by atoms with van der Waals surface area (Å²) in [7, 11) is 0. The Morgan fingerprint density at radius 3 is 2.75 bits per heavy atom. The van der Waals surface area contributed by atoms with Gasteiger partial charge in [-0.05, 0) is 38.3 Å². The summed E-state index contributed by atoms with van der Waals surface area (Å²) in [5, 5.41) is 2.84. The van der Waals surface area contributed by atoms with E-state index in [0.717, 1.165) is 17.7 Å². The lowest BCUT2D eigenvalue weighted by Crippen LogP contribution is -2.24. The van der Waals surface area contributed by atoms with Crippen LogP contribution in [0.25, 0.3) is 0 Å². The number of carbonyl (C=O) groups excluding carboxylic acids is 2. The summed E-state index contributed by atoms with van der Waals surface area (Å²) < 4.78 is 4.83. The third kappa shape index (κ3) is 5.33. The molecular weight excluding hydrogens is 274 g/mol. The molecule has 0 aliphatic heterocycles. The number of carbonyl (C=O) groups is 2. The van der Waals surface area contributed by atoms with Gasteiger partial charge in [0.25, 0.3) is 5.91 Å². The van der Waals surface area contributed by atoms with Crippen molar-refractivity contribution < 1.29 is 14.3 Å². The number of hydrogen-bond acceptors (Lipinski definition) is 4. The third-order valence-corrected chi connectivity index (χ3v) is 4.00. The van der Waals surface area contributed by atoms with Crippen molar-refractivity contribution in [3.05, 3.63) is 21.4 Å². The van der Waals surface area contributed by atoms with Gasteiger partial charge in [-0.25, -0.2) is 0 Å². The second kappa shape index (κ2) is 8.74. The molecule has 1 amide bonds. The maximum absolute atomic E-state index is 12.0. The van der Waals surface area contributed by atoms with Gasteiger partial charge in [-0.2, -0.15) is 0 Å². The smallest absolute Gasteiger partial charge is 0.305 e. The summed E-state index contributed by atoms with van der Waals surface area (Å²) in [4.78, 5) is 25.1. The maximum atomic E-state index is 12.0. The van der Waals surface area contributed by atoms with E-state index in [1.54, 1.807) is 6.92 Å². The Morgan fingerprint density at radius 1 is 1.35 bits per heavy atom. The second-order valence-corrected chi connectivity index (χ2v) is 5.86. The lowest BCUT2D eigenvalue weighted by atomic mass is 10.1. The Balaban J connectivity index is 2.36. The standard InChI is InChI=1S/C15H23NO3S/c1-4-7-12-10-13(20-11(12)3)15(18)16-9-6-8-14(17)19-5-2/h10H,4-9H2,1-3H3,(H,16,18). The average Bonchev–Trinajstić information content (AvgIpc) is 2.77. The highest BCUT2D eigenvalue weighted by Crippen LogP contribution is 2.22. The molecule has 0 atom stereocenters. The molecule has 0 aromatic carbocycles. The zero-order valence-corrected chi connectivity index (χ0v) is 13.3. The number of thiophene rings is 1. The predicted octanol–water partition coefficient (Wildman–Crippen LogP) is 3.08. The maximum Gasteiger partial charge on any atom is 0.305 e. The minimum Gasteiger partial charge on any atom is -0.466 e. The van der Waals surface area contributed by atoms with Gasteiger partial charge in [0, 0.05) is 17.8 Å². The van der Waals surface area contributed by atoms with E-state index in [4.69, 9.17) is 4.74 Å². The number of rotatable bonds is 8. The molecular formula is C15H23NO3S. The van der Waals surface area contributed by atoms with E-state index in [2.05, 4.69) is 12.2 Å². The minimum absolute atomic E-state index is 0.0516. The van der Waals surface area contributed by atoms with Crippen LogP contribution in [0.2, 0.25) is 0 Å². The monoisotopic (exact) mass is 297 g/mol. The van der Waals surface area contributed by atoms with Crippen LogP contribution in [-0.2, 0) is 16.0 Å². The van der Waals surface area contributed by atoms with Gasteiger partial charge in [-0.1, -0.05) is 13.3 Å². The molecule has 0 aliphatic carbocycles. The predicted molar refractivity (Wildman–Crippen MR) is 81.3 cm³/mol. The van der Waals surface area contributed by atoms with E-state index in [0.29, 0.717) is 26.0 Å². The molecule has 0 saturated heterocycles. The van der Waals surface area contributed by atoms with E-state index in [9.17, 15) is 9.59 Å². The third-order valence-electron chi connectivity index (χ3n) is 2.91. The van der Waals surface area contributed by atoms with Crippen LogP contribution in [0, 0.1) is 6.92 Å². The molecule has 112 valence electrons. The minimum atomic E-state index is -0.209. The lowest BCUT2D eigenvalue weighted by molar-refractivity contribution is -0.143. The van der Waals surface area contributed by atoms with Crippen molar-refractivity contribution in [1.82, 2.24) is 5.32 Å². The first-order chi connectivity index (χ1) is 9.58. The fourth-order valence-electron chi connectivity index (χ4n) is 1.90. The van der Waals surface area contributed by atoms with Crippen molar-refractivity contribution in [2.24, 2.45) is 0 Å². The molecule has 20 heavy (non-hydrogen) atoms. The number of hydrogen-bond donors (Lipinski definition) is 1. The van der Waals surface area contributed by atoms with E-state index in [1.807, 2.05) is 13.0 Å². The zero-order chi connectivity index (χ0) is 15.0. The van der Waals surface area contributed by atoms with E-state index in [-0.39, 0.29) is 11.9 Å². The number of nitrogens with one attached hydrogen (secondary N) is 1. The van der Waals surface area contributed by atoms with E-state index in [1.165, 1.54) is 21.8 Å². The molecule has 1 aromatic rings. The molecule has 4 nitrogen and oxygen atoms in total. The highest BCUT2D eigenvalue weighted by atomic mass is 32.1. The van der Waals surface area contributed by atoms with Crippen LogP contribution in [0.1, 0.15) is 53.2 Å². The summed E-state index contributed by atoms with van der Waals surface area (Å²) >= 11 is 1.53. The summed E-state index contributed by atoms with van der Waals surface area (Å²) in [6.07, 6.45) is 3.05. The Bertz CT molecular complexity index is 454. The second-order valence-electron chi connectivity index (χ2n) is 4.61. The van der Waals surface area contributed by atoms with Gasteiger partial charge < -0.3 is 10.1 Å². The first-order valence-electron chi connectivity index (χ1n) is 7.11. The number of aryl methyl sites for hydroxylation is 2. The molecule has 0 fully saturated rings. The van der Waals surface area contributed by atoms with Crippen molar-refractivity contribution in [1.29, 1.82) is 0 Å². The molecule has 1 rings (SSSR count). The van der Waals surface area contributed by atoms with E-state index < -0.39 is 0 Å². The van der Waals surface area contributed by atoms with Crippen LogP contribution in [-0.4, -0.2) is 25.0 Å². The topological polar surface area (TPSA) is 55.4 Å². The summed E-state index contributed by atoms with van der Waals surface area (Å²) in [6.45, 7) is 6.86. The Morgan fingerprint density at radius 2 is 2.10 bits per heavy atom. The van der Waals surface area contributed by atoms with Gasteiger partial charge in [-0.15, -0.1) is 11.3 Å². The van der Waals surface area contributed by atoms with Gasteiger partial charge in [0.15, 0.2) is 0 Å². The molecule has 0 saturated carbocycles. The van der Waals surface area contributed by atoms with Crippen LogP contribution >= 0.6 is 11.3 Å². The van der Waals surface area contributed by atoms with Crippen molar-refractivity contribution in [3.63, 3.8) is 0 Å². The summed E-state index contributed by atoms with van der Waals surface area (Å²) in [6, 6.07) is 1.98. The number of ether oxygens (including phenoxy) is 1. The summed E-state index contributed by atoms with van der Waals surface area (Å²) in [5.74, 6) is -0.261. The number of amides is 1. The number of esters is 1. The molecule has 0 spiro atoms. The average molecular weight is 297 g/mol. The van der Waals surface area contributed by atoms with E-state index >= 15 is 0 Å². The fourth-order valence-corrected chi connectivity index (χ4v) is 2.89. The Kier molecular flexibility index (Phi) is 7.30. The normalized spacial score (nSPS) is 10.3. The van der Waals surface area contributed by atoms with Crippen molar-refractivity contribution >= 4 is 23.2 Å². The van der Waals surface area contributed by atoms with Gasteiger partial charge in [-0.3, -0.25) is 9.59 Å². The fraction of sp³-hybridized carbons (Fsp3) is 0.600. The molecule has 1 N–H and O–H groups in total. The largest absolute Gasteiger partial charge is 0.466 e. The molecule has 0 aliphatic rings. The van der Waals surface area contributed by atoms with Crippen LogP contribution in [0.3, 0.4) is 0 Å². The molecule has 1 heterocycles. The van der Waals surface area contributed by atoms with Gasteiger partial charge in [0.05, 0.1) is 11.5 Å². The molecule has 0 radical (unpaired) electrons. The van der Waals surface area contributed by atoms with Crippen molar-refractivity contribution in [2.75, 3.05) is 13.2 Å². The molecule has 1 aromatic heterocycles. The first-order valence-corrected chi connectivity index (χ1v) is 7.93. The van der Waals surface area contributed by atoms with Crippen molar-refractivity contribution in [2.45, 2.75) is 46.5 Å². The SMILES string of the molecule is CCCc1cc(C(=O)NCCCC(=O)OCC)sc1C. The molecule has 0 bridgehead atoms. The van der Waals surface area contributed by atoms with Crippen LogP contribution < -0.4 is 5.32 Å². The van der Waals surface area contributed by atoms with Gasteiger partial charge in [0.1, 0.15) is 0 Å². The Labute approximate surface area is 124 Å². The van der Waals surface area contributed by atoms with Crippen LogP contribution in [0.5, 0.6) is 0 Å². The zero-order valence-electron chi connectivity index (χ0n) is 12.5. The Hall–Kier alpha value is -1.36. The first kappa shape index (κ1) is 16.7. The van der Waals surface area contributed by atoms with Gasteiger partial charge >= 0.3 is 5.97 Å². The molecule has 0 unspecified atom stereocenters.